The largest absolute Gasteiger partial charge is 0.473 e. The van der Waals surface area contributed by atoms with Crippen molar-refractivity contribution in [2.45, 2.75) is 38.7 Å². The Morgan fingerprint density at radius 2 is 1.86 bits per heavy atom. The van der Waals surface area contributed by atoms with Crippen LogP contribution in [0.4, 0.5) is 5.69 Å². The van der Waals surface area contributed by atoms with Crippen LogP contribution in [0.1, 0.15) is 43.0 Å². The van der Waals surface area contributed by atoms with E-state index >= 15 is 0 Å². The van der Waals surface area contributed by atoms with Crippen molar-refractivity contribution < 1.29 is 14.3 Å². The second-order valence-corrected chi connectivity index (χ2v) is 7.22. The second-order valence-electron chi connectivity index (χ2n) is 6.81. The zero-order valence-electron chi connectivity index (χ0n) is 15.8. The van der Waals surface area contributed by atoms with E-state index in [1.165, 1.54) is 0 Å². The van der Waals surface area contributed by atoms with Crippen LogP contribution in [-0.4, -0.2) is 29.4 Å². The van der Waals surface area contributed by atoms with E-state index in [0.717, 1.165) is 25.7 Å². The average Bonchev–Trinajstić information content (AvgIpc) is 2.71. The van der Waals surface area contributed by atoms with Gasteiger partial charge in [0.2, 0.25) is 11.8 Å². The smallest absolute Gasteiger partial charge is 0.251 e. The molecule has 6 nitrogen and oxygen atoms in total. The summed E-state index contributed by atoms with van der Waals surface area (Å²) in [5.41, 5.74) is 1.27. The molecule has 1 aromatic heterocycles. The maximum atomic E-state index is 12.5. The monoisotopic (exact) mass is 401 g/mol. The molecule has 0 radical (unpaired) electrons. The normalized spacial score (nSPS) is 18.9. The molecule has 2 aromatic rings. The number of anilines is 1. The first kappa shape index (κ1) is 20.1. The third-order valence-corrected chi connectivity index (χ3v) is 5.09. The fourth-order valence-electron chi connectivity index (χ4n) is 3.27. The number of pyridine rings is 1. The Labute approximate surface area is 169 Å². The van der Waals surface area contributed by atoms with Gasteiger partial charge in [-0.25, -0.2) is 4.98 Å². The lowest BCUT2D eigenvalue weighted by molar-refractivity contribution is -0.121. The molecule has 0 spiro atoms. The molecule has 0 unspecified atom stereocenters. The first-order valence-electron chi connectivity index (χ1n) is 9.53. The number of benzene rings is 1. The van der Waals surface area contributed by atoms with Gasteiger partial charge in [-0.1, -0.05) is 11.6 Å². The molecule has 28 heavy (non-hydrogen) atoms. The van der Waals surface area contributed by atoms with Gasteiger partial charge in [-0.3, -0.25) is 9.59 Å². The quantitative estimate of drug-likeness (QED) is 0.764. The van der Waals surface area contributed by atoms with Gasteiger partial charge in [0.15, 0.2) is 0 Å². The maximum absolute atomic E-state index is 12.5. The topological polar surface area (TPSA) is 80.3 Å². The van der Waals surface area contributed by atoms with Gasteiger partial charge in [-0.05, 0) is 69.0 Å². The van der Waals surface area contributed by atoms with Crippen molar-refractivity contribution in [2.75, 3.05) is 11.9 Å². The zero-order chi connectivity index (χ0) is 19.9. The Kier molecular flexibility index (Phi) is 6.87. The molecule has 0 bridgehead atoms. The van der Waals surface area contributed by atoms with Crippen LogP contribution in [0.2, 0.25) is 5.02 Å². The Hall–Kier alpha value is -2.60. The van der Waals surface area contributed by atoms with Crippen LogP contribution >= 0.6 is 11.6 Å². The lowest BCUT2D eigenvalue weighted by Crippen LogP contribution is -2.31. The van der Waals surface area contributed by atoms with Crippen molar-refractivity contribution in [2.24, 2.45) is 5.92 Å². The summed E-state index contributed by atoms with van der Waals surface area (Å²) >= 11 is 6.08. The predicted octanol–water partition coefficient (Wildman–Crippen LogP) is 4.06. The standard InChI is InChI=1S/C21H24ClN3O3/c1-2-23-19(26)14-5-9-16(10-6-14)25-20(27)15-7-11-17(12-8-15)28-21-18(22)4-3-13-24-21/h3-6,9-10,13,15,17H,2,7-8,11-12H2,1H3,(H,23,26)(H,25,27). The third kappa shape index (κ3) is 5.23. The number of nitrogens with zero attached hydrogens (tertiary/aromatic N) is 1. The summed E-state index contributed by atoms with van der Waals surface area (Å²) in [7, 11) is 0. The molecule has 1 aliphatic rings. The number of rotatable bonds is 6. The molecule has 0 aliphatic heterocycles. The number of nitrogens with one attached hydrogen (secondary N) is 2. The number of halogens is 1. The van der Waals surface area contributed by atoms with Gasteiger partial charge in [0.05, 0.1) is 0 Å². The molecule has 1 fully saturated rings. The van der Waals surface area contributed by atoms with Crippen LogP contribution in [0.15, 0.2) is 42.6 Å². The average molecular weight is 402 g/mol. The summed E-state index contributed by atoms with van der Waals surface area (Å²) in [5.74, 6) is 0.276. The van der Waals surface area contributed by atoms with Gasteiger partial charge in [-0.15, -0.1) is 0 Å². The van der Waals surface area contributed by atoms with E-state index in [0.29, 0.717) is 28.7 Å². The number of amides is 2. The second kappa shape index (κ2) is 9.55. The number of carbonyl (C=O) groups is 2. The van der Waals surface area contributed by atoms with Crippen LogP contribution in [0.25, 0.3) is 0 Å². The van der Waals surface area contributed by atoms with E-state index in [2.05, 4.69) is 15.6 Å². The summed E-state index contributed by atoms with van der Waals surface area (Å²) in [6.45, 7) is 2.45. The van der Waals surface area contributed by atoms with Gasteiger partial charge in [-0.2, -0.15) is 0 Å². The highest BCUT2D eigenvalue weighted by Gasteiger charge is 2.28. The van der Waals surface area contributed by atoms with Crippen molar-refractivity contribution >= 4 is 29.1 Å². The van der Waals surface area contributed by atoms with E-state index in [9.17, 15) is 9.59 Å². The molecular weight excluding hydrogens is 378 g/mol. The number of hydrogen-bond acceptors (Lipinski definition) is 4. The van der Waals surface area contributed by atoms with E-state index in [-0.39, 0.29) is 23.8 Å². The zero-order valence-corrected chi connectivity index (χ0v) is 16.5. The van der Waals surface area contributed by atoms with E-state index in [4.69, 9.17) is 16.3 Å². The van der Waals surface area contributed by atoms with Gasteiger partial charge >= 0.3 is 0 Å². The molecule has 1 aromatic carbocycles. The van der Waals surface area contributed by atoms with Crippen molar-refractivity contribution in [3.63, 3.8) is 0 Å². The Morgan fingerprint density at radius 1 is 1.14 bits per heavy atom. The molecule has 0 saturated heterocycles. The molecule has 7 heteroatoms. The van der Waals surface area contributed by atoms with Gasteiger partial charge in [0, 0.05) is 29.9 Å². The van der Waals surface area contributed by atoms with Crippen molar-refractivity contribution in [1.82, 2.24) is 10.3 Å². The van der Waals surface area contributed by atoms with Crippen LogP contribution in [0, 0.1) is 5.92 Å². The number of aromatic nitrogens is 1. The molecule has 1 heterocycles. The van der Waals surface area contributed by atoms with Gasteiger partial charge < -0.3 is 15.4 Å². The van der Waals surface area contributed by atoms with E-state index in [1.807, 2.05) is 6.92 Å². The molecular formula is C21H24ClN3O3. The molecule has 3 rings (SSSR count). The SMILES string of the molecule is CCNC(=O)c1ccc(NC(=O)C2CCC(Oc3ncccc3Cl)CC2)cc1. The maximum Gasteiger partial charge on any atom is 0.251 e. The third-order valence-electron chi connectivity index (χ3n) is 4.80. The first-order valence-corrected chi connectivity index (χ1v) is 9.91. The molecule has 2 N–H and O–H groups in total. The minimum absolute atomic E-state index is 0.0000724. The summed E-state index contributed by atoms with van der Waals surface area (Å²) in [4.78, 5) is 28.5. The van der Waals surface area contributed by atoms with Crippen LogP contribution in [-0.2, 0) is 4.79 Å². The summed E-state index contributed by atoms with van der Waals surface area (Å²) < 4.78 is 5.88. The molecule has 2 amide bonds. The lowest BCUT2D eigenvalue weighted by Gasteiger charge is -2.28. The number of carbonyl (C=O) groups excluding carboxylic acids is 2. The van der Waals surface area contributed by atoms with Gasteiger partial charge in [0.1, 0.15) is 11.1 Å². The minimum atomic E-state index is -0.119. The Morgan fingerprint density at radius 3 is 2.50 bits per heavy atom. The Bertz CT molecular complexity index is 818. The molecule has 1 saturated carbocycles. The van der Waals surface area contributed by atoms with E-state index in [1.54, 1.807) is 42.6 Å². The molecule has 0 atom stereocenters. The van der Waals surface area contributed by atoms with Crippen LogP contribution < -0.4 is 15.4 Å². The van der Waals surface area contributed by atoms with Gasteiger partial charge in [0.25, 0.3) is 5.91 Å². The highest BCUT2D eigenvalue weighted by Crippen LogP contribution is 2.30. The minimum Gasteiger partial charge on any atom is -0.473 e. The number of ether oxygens (including phenoxy) is 1. The van der Waals surface area contributed by atoms with Crippen LogP contribution in [0.3, 0.4) is 0 Å². The summed E-state index contributed by atoms with van der Waals surface area (Å²) in [6.07, 6.45) is 4.73. The van der Waals surface area contributed by atoms with Crippen molar-refractivity contribution in [3.05, 3.63) is 53.2 Å². The first-order chi connectivity index (χ1) is 13.6. The number of hydrogen-bond donors (Lipinski definition) is 2. The molecule has 148 valence electrons. The van der Waals surface area contributed by atoms with Crippen molar-refractivity contribution in [1.29, 1.82) is 0 Å². The molecule has 1 aliphatic carbocycles. The highest BCUT2D eigenvalue weighted by molar-refractivity contribution is 6.31. The lowest BCUT2D eigenvalue weighted by atomic mass is 9.86. The fourth-order valence-corrected chi connectivity index (χ4v) is 3.44. The summed E-state index contributed by atoms with van der Waals surface area (Å²) in [5, 5.41) is 6.18. The van der Waals surface area contributed by atoms with E-state index < -0.39 is 0 Å². The Balaban J connectivity index is 1.48. The summed E-state index contributed by atoms with van der Waals surface area (Å²) in [6, 6.07) is 10.4. The fraction of sp³-hybridized carbons (Fsp3) is 0.381. The highest BCUT2D eigenvalue weighted by atomic mass is 35.5. The van der Waals surface area contributed by atoms with Crippen LogP contribution in [0.5, 0.6) is 5.88 Å². The predicted molar refractivity (Wildman–Crippen MR) is 109 cm³/mol. The van der Waals surface area contributed by atoms with Crippen molar-refractivity contribution in [3.8, 4) is 5.88 Å².